The van der Waals surface area contributed by atoms with Crippen molar-refractivity contribution in [3.05, 3.63) is 23.9 Å². The SMILES string of the molecule is CCC(Nc1ccc(C)cn1)C1CCCCC1. The van der Waals surface area contributed by atoms with Gasteiger partial charge in [0.15, 0.2) is 0 Å². The van der Waals surface area contributed by atoms with Gasteiger partial charge in [-0.1, -0.05) is 32.3 Å². The van der Waals surface area contributed by atoms with E-state index in [1.54, 1.807) is 0 Å². The van der Waals surface area contributed by atoms with Gasteiger partial charge in [-0.05, 0) is 43.7 Å². The second kappa shape index (κ2) is 6.04. The Bertz CT molecular complexity index is 325. The van der Waals surface area contributed by atoms with E-state index in [4.69, 9.17) is 0 Å². The Morgan fingerprint density at radius 1 is 1.29 bits per heavy atom. The molecule has 1 fully saturated rings. The van der Waals surface area contributed by atoms with Crippen molar-refractivity contribution in [2.75, 3.05) is 5.32 Å². The minimum Gasteiger partial charge on any atom is -0.367 e. The van der Waals surface area contributed by atoms with Gasteiger partial charge in [-0.3, -0.25) is 0 Å². The third-order valence-corrected chi connectivity index (χ3v) is 3.90. The Morgan fingerprint density at radius 2 is 2.06 bits per heavy atom. The number of nitrogens with one attached hydrogen (secondary N) is 1. The molecule has 2 heteroatoms. The third kappa shape index (κ3) is 3.45. The summed E-state index contributed by atoms with van der Waals surface area (Å²) in [5.41, 5.74) is 1.22. The largest absolute Gasteiger partial charge is 0.367 e. The number of rotatable bonds is 4. The van der Waals surface area contributed by atoms with Crippen molar-refractivity contribution in [2.24, 2.45) is 5.92 Å². The molecule has 1 aromatic rings. The highest BCUT2D eigenvalue weighted by molar-refractivity contribution is 5.36. The van der Waals surface area contributed by atoms with Crippen molar-refractivity contribution in [3.63, 3.8) is 0 Å². The van der Waals surface area contributed by atoms with Gasteiger partial charge in [-0.15, -0.1) is 0 Å². The molecule has 2 rings (SSSR count). The molecular formula is C15H24N2. The monoisotopic (exact) mass is 232 g/mol. The van der Waals surface area contributed by atoms with Gasteiger partial charge in [0, 0.05) is 12.2 Å². The first kappa shape index (κ1) is 12.4. The zero-order valence-corrected chi connectivity index (χ0v) is 11.1. The van der Waals surface area contributed by atoms with Crippen LogP contribution < -0.4 is 5.32 Å². The van der Waals surface area contributed by atoms with Crippen LogP contribution in [0.15, 0.2) is 18.3 Å². The first-order chi connectivity index (χ1) is 8.29. The fourth-order valence-electron chi connectivity index (χ4n) is 2.83. The van der Waals surface area contributed by atoms with Crippen molar-refractivity contribution in [1.29, 1.82) is 0 Å². The number of anilines is 1. The number of aromatic nitrogens is 1. The maximum Gasteiger partial charge on any atom is 0.126 e. The van der Waals surface area contributed by atoms with Gasteiger partial charge in [0.1, 0.15) is 5.82 Å². The Balaban J connectivity index is 1.96. The summed E-state index contributed by atoms with van der Waals surface area (Å²) in [6.45, 7) is 4.36. The summed E-state index contributed by atoms with van der Waals surface area (Å²) < 4.78 is 0. The van der Waals surface area contributed by atoms with Crippen LogP contribution in [0.4, 0.5) is 5.82 Å². The predicted octanol–water partition coefficient (Wildman–Crippen LogP) is 4.16. The van der Waals surface area contributed by atoms with E-state index in [0.29, 0.717) is 6.04 Å². The molecule has 0 amide bonds. The molecule has 1 aliphatic rings. The first-order valence-electron chi connectivity index (χ1n) is 6.99. The molecule has 0 saturated heterocycles. The molecule has 0 aliphatic heterocycles. The molecule has 1 atom stereocenters. The molecule has 1 aromatic heterocycles. The van der Waals surface area contributed by atoms with Crippen LogP contribution >= 0.6 is 0 Å². The van der Waals surface area contributed by atoms with Gasteiger partial charge in [-0.25, -0.2) is 4.98 Å². The van der Waals surface area contributed by atoms with Crippen molar-refractivity contribution in [1.82, 2.24) is 4.98 Å². The lowest BCUT2D eigenvalue weighted by atomic mass is 9.83. The molecule has 1 saturated carbocycles. The van der Waals surface area contributed by atoms with Gasteiger partial charge < -0.3 is 5.32 Å². The third-order valence-electron chi connectivity index (χ3n) is 3.90. The van der Waals surface area contributed by atoms with Gasteiger partial charge in [0.05, 0.1) is 0 Å². The lowest BCUT2D eigenvalue weighted by Gasteiger charge is -2.30. The van der Waals surface area contributed by atoms with Crippen LogP contribution in [0.3, 0.4) is 0 Å². The minimum atomic E-state index is 0.602. The predicted molar refractivity (Wildman–Crippen MR) is 73.3 cm³/mol. The molecule has 0 spiro atoms. The van der Waals surface area contributed by atoms with Gasteiger partial charge in [0.2, 0.25) is 0 Å². The summed E-state index contributed by atoms with van der Waals surface area (Å²) in [5.74, 6) is 1.88. The number of hydrogen-bond donors (Lipinski definition) is 1. The van der Waals surface area contributed by atoms with Gasteiger partial charge in [-0.2, -0.15) is 0 Å². The quantitative estimate of drug-likeness (QED) is 0.843. The number of hydrogen-bond acceptors (Lipinski definition) is 2. The van der Waals surface area contributed by atoms with E-state index < -0.39 is 0 Å². The van der Waals surface area contributed by atoms with Crippen molar-refractivity contribution in [3.8, 4) is 0 Å². The molecule has 1 unspecified atom stereocenters. The van der Waals surface area contributed by atoms with E-state index in [-0.39, 0.29) is 0 Å². The summed E-state index contributed by atoms with van der Waals surface area (Å²) in [4.78, 5) is 4.45. The molecule has 1 aliphatic carbocycles. The number of aryl methyl sites for hydroxylation is 1. The molecule has 17 heavy (non-hydrogen) atoms. The van der Waals surface area contributed by atoms with Crippen LogP contribution in [0.2, 0.25) is 0 Å². The van der Waals surface area contributed by atoms with Crippen LogP contribution in [0.1, 0.15) is 51.0 Å². The Morgan fingerprint density at radius 3 is 2.65 bits per heavy atom. The van der Waals surface area contributed by atoms with E-state index in [2.05, 4.69) is 36.3 Å². The summed E-state index contributed by atoms with van der Waals surface area (Å²) in [6.07, 6.45) is 10.1. The second-order valence-electron chi connectivity index (χ2n) is 5.28. The molecule has 1 N–H and O–H groups in total. The van der Waals surface area contributed by atoms with Gasteiger partial charge >= 0.3 is 0 Å². The van der Waals surface area contributed by atoms with Crippen LogP contribution in [-0.2, 0) is 0 Å². The summed E-state index contributed by atoms with van der Waals surface area (Å²) in [6, 6.07) is 4.83. The highest BCUT2D eigenvalue weighted by Gasteiger charge is 2.22. The molecule has 2 nitrogen and oxygen atoms in total. The smallest absolute Gasteiger partial charge is 0.126 e. The number of nitrogens with zero attached hydrogens (tertiary/aromatic N) is 1. The summed E-state index contributed by atoms with van der Waals surface area (Å²) >= 11 is 0. The van der Waals surface area contributed by atoms with E-state index in [1.807, 2.05) is 6.20 Å². The average Bonchev–Trinajstić information content (AvgIpc) is 2.39. The average molecular weight is 232 g/mol. The Kier molecular flexibility index (Phi) is 4.41. The van der Waals surface area contributed by atoms with Crippen LogP contribution in [0.5, 0.6) is 0 Å². The standard InChI is InChI=1S/C15H24N2/c1-3-14(13-7-5-4-6-8-13)17-15-10-9-12(2)11-16-15/h9-11,13-14H,3-8H2,1-2H3,(H,16,17). The lowest BCUT2D eigenvalue weighted by Crippen LogP contribution is -2.30. The fraction of sp³-hybridized carbons (Fsp3) is 0.667. The van der Waals surface area contributed by atoms with E-state index in [9.17, 15) is 0 Å². The zero-order chi connectivity index (χ0) is 12.1. The van der Waals surface area contributed by atoms with Crippen LogP contribution in [0, 0.1) is 12.8 Å². The van der Waals surface area contributed by atoms with Crippen molar-refractivity contribution >= 4 is 5.82 Å². The fourth-order valence-corrected chi connectivity index (χ4v) is 2.83. The molecule has 94 valence electrons. The lowest BCUT2D eigenvalue weighted by molar-refractivity contribution is 0.312. The first-order valence-corrected chi connectivity index (χ1v) is 6.99. The maximum atomic E-state index is 4.45. The molecule has 0 aromatic carbocycles. The highest BCUT2D eigenvalue weighted by atomic mass is 15.0. The highest BCUT2D eigenvalue weighted by Crippen LogP contribution is 2.29. The summed E-state index contributed by atoms with van der Waals surface area (Å²) in [5, 5.41) is 3.61. The number of pyridine rings is 1. The molecular weight excluding hydrogens is 208 g/mol. The minimum absolute atomic E-state index is 0.602. The zero-order valence-electron chi connectivity index (χ0n) is 11.1. The van der Waals surface area contributed by atoms with Crippen molar-refractivity contribution < 1.29 is 0 Å². The van der Waals surface area contributed by atoms with E-state index >= 15 is 0 Å². The van der Waals surface area contributed by atoms with Gasteiger partial charge in [0.25, 0.3) is 0 Å². The topological polar surface area (TPSA) is 24.9 Å². The normalized spacial score (nSPS) is 18.9. The van der Waals surface area contributed by atoms with Crippen molar-refractivity contribution in [2.45, 2.75) is 58.4 Å². The van der Waals surface area contributed by atoms with E-state index in [0.717, 1.165) is 11.7 Å². The Labute approximate surface area is 105 Å². The summed E-state index contributed by atoms with van der Waals surface area (Å²) in [7, 11) is 0. The maximum absolute atomic E-state index is 4.45. The van der Waals surface area contributed by atoms with E-state index in [1.165, 1.54) is 44.1 Å². The second-order valence-corrected chi connectivity index (χ2v) is 5.28. The molecule has 1 heterocycles. The van der Waals surface area contributed by atoms with Crippen LogP contribution in [0.25, 0.3) is 0 Å². The Hall–Kier alpha value is -1.05. The molecule has 0 radical (unpaired) electrons. The molecule has 0 bridgehead atoms. The van der Waals surface area contributed by atoms with Crippen LogP contribution in [-0.4, -0.2) is 11.0 Å².